The Balaban J connectivity index is 1.35. The van der Waals surface area contributed by atoms with Crippen LogP contribution in [0, 0.1) is 0 Å². The SMILES string of the molecule is COc1cccc2c1CCC2(CO)NC(=O)OCC1c2ccccc2-c2ccccc21. The maximum Gasteiger partial charge on any atom is 0.407 e. The van der Waals surface area contributed by atoms with Crippen LogP contribution in [0.25, 0.3) is 11.1 Å². The number of alkyl carbamates (subject to hydrolysis) is 1. The van der Waals surface area contributed by atoms with E-state index in [0.717, 1.165) is 23.3 Å². The maximum absolute atomic E-state index is 12.8. The minimum Gasteiger partial charge on any atom is -0.496 e. The summed E-state index contributed by atoms with van der Waals surface area (Å²) in [5, 5.41) is 13.2. The molecule has 31 heavy (non-hydrogen) atoms. The molecule has 0 saturated heterocycles. The van der Waals surface area contributed by atoms with Gasteiger partial charge in [-0.2, -0.15) is 0 Å². The number of hydrogen-bond acceptors (Lipinski definition) is 4. The van der Waals surface area contributed by atoms with Gasteiger partial charge in [0.2, 0.25) is 0 Å². The van der Waals surface area contributed by atoms with Crippen LogP contribution in [-0.2, 0) is 16.7 Å². The smallest absolute Gasteiger partial charge is 0.407 e. The average molecular weight is 415 g/mol. The molecule has 5 rings (SSSR count). The van der Waals surface area contributed by atoms with Gasteiger partial charge in [0.25, 0.3) is 0 Å². The number of nitrogens with one attached hydrogen (secondary N) is 1. The molecule has 3 aromatic carbocycles. The number of amides is 1. The summed E-state index contributed by atoms with van der Waals surface area (Å²) in [6.45, 7) is 0.0453. The van der Waals surface area contributed by atoms with Gasteiger partial charge in [-0.05, 0) is 52.3 Å². The minimum absolute atomic E-state index is 0.000755. The number of rotatable bonds is 5. The zero-order valence-corrected chi connectivity index (χ0v) is 17.4. The molecule has 1 amide bonds. The maximum atomic E-state index is 12.8. The third-order valence-electron chi connectivity index (χ3n) is 6.63. The van der Waals surface area contributed by atoms with E-state index >= 15 is 0 Å². The minimum atomic E-state index is -0.855. The topological polar surface area (TPSA) is 67.8 Å². The first-order valence-corrected chi connectivity index (χ1v) is 10.6. The molecule has 5 heteroatoms. The molecule has 1 atom stereocenters. The Morgan fingerprint density at radius 2 is 1.71 bits per heavy atom. The van der Waals surface area contributed by atoms with Crippen LogP contribution in [-0.4, -0.2) is 31.5 Å². The van der Waals surface area contributed by atoms with Gasteiger partial charge in [0.05, 0.1) is 19.3 Å². The second kappa shape index (κ2) is 7.75. The van der Waals surface area contributed by atoms with E-state index in [1.807, 2.05) is 42.5 Å². The van der Waals surface area contributed by atoms with Gasteiger partial charge >= 0.3 is 6.09 Å². The summed E-state index contributed by atoms with van der Waals surface area (Å²) in [5.41, 5.74) is 5.79. The van der Waals surface area contributed by atoms with E-state index in [0.29, 0.717) is 6.42 Å². The van der Waals surface area contributed by atoms with Crippen LogP contribution >= 0.6 is 0 Å². The first-order valence-electron chi connectivity index (χ1n) is 10.6. The molecule has 5 nitrogen and oxygen atoms in total. The van der Waals surface area contributed by atoms with Crippen molar-refractivity contribution in [1.82, 2.24) is 5.32 Å². The van der Waals surface area contributed by atoms with Crippen molar-refractivity contribution in [2.75, 3.05) is 20.3 Å². The highest BCUT2D eigenvalue weighted by molar-refractivity contribution is 5.79. The fraction of sp³-hybridized carbons (Fsp3) is 0.269. The number of carbonyl (C=O) groups excluding carboxylic acids is 1. The molecule has 0 spiro atoms. The Hall–Kier alpha value is -3.31. The van der Waals surface area contributed by atoms with Crippen LogP contribution in [0.3, 0.4) is 0 Å². The molecule has 0 aromatic heterocycles. The number of carbonyl (C=O) groups is 1. The van der Waals surface area contributed by atoms with Crippen LogP contribution in [0.4, 0.5) is 4.79 Å². The molecular formula is C26H25NO4. The number of benzene rings is 3. The monoisotopic (exact) mass is 415 g/mol. The van der Waals surface area contributed by atoms with Crippen LogP contribution < -0.4 is 10.1 Å². The summed E-state index contributed by atoms with van der Waals surface area (Å²) >= 11 is 0. The average Bonchev–Trinajstić information content (AvgIpc) is 3.34. The van der Waals surface area contributed by atoms with E-state index in [2.05, 4.69) is 29.6 Å². The summed E-state index contributed by atoms with van der Waals surface area (Å²) < 4.78 is 11.2. The Bertz CT molecular complexity index is 1100. The van der Waals surface area contributed by atoms with Gasteiger partial charge < -0.3 is 19.9 Å². The van der Waals surface area contributed by atoms with Crippen molar-refractivity contribution in [3.8, 4) is 16.9 Å². The van der Waals surface area contributed by atoms with Crippen LogP contribution in [0.5, 0.6) is 5.75 Å². The first kappa shape index (κ1) is 19.6. The lowest BCUT2D eigenvalue weighted by atomic mass is 9.92. The second-order valence-electron chi connectivity index (χ2n) is 8.18. The predicted octanol–water partition coefficient (Wildman–Crippen LogP) is 4.37. The molecule has 0 bridgehead atoms. The van der Waals surface area contributed by atoms with Gasteiger partial charge in [0.1, 0.15) is 12.4 Å². The zero-order valence-electron chi connectivity index (χ0n) is 17.4. The zero-order chi connectivity index (χ0) is 21.4. The fourth-order valence-corrected chi connectivity index (χ4v) is 5.10. The standard InChI is InChI=1S/C26H25NO4/c1-30-24-12-6-11-23-21(24)13-14-26(23,16-28)27-25(29)31-15-22-19-9-4-2-7-17(19)18-8-3-5-10-20(18)22/h2-12,22,28H,13-16H2,1H3,(H,27,29). The van der Waals surface area contributed by atoms with E-state index in [1.165, 1.54) is 22.3 Å². The highest BCUT2D eigenvalue weighted by Gasteiger charge is 2.41. The Kier molecular flexibility index (Phi) is 4.91. The Morgan fingerprint density at radius 1 is 1.03 bits per heavy atom. The third-order valence-corrected chi connectivity index (χ3v) is 6.63. The van der Waals surface area contributed by atoms with Gasteiger partial charge in [-0.25, -0.2) is 4.79 Å². The Labute approximate surface area is 181 Å². The molecule has 0 radical (unpaired) electrons. The van der Waals surface area contributed by atoms with E-state index in [9.17, 15) is 9.90 Å². The van der Waals surface area contributed by atoms with E-state index in [-0.39, 0.29) is 19.1 Å². The van der Waals surface area contributed by atoms with Crippen LogP contribution in [0.2, 0.25) is 0 Å². The number of ether oxygens (including phenoxy) is 2. The second-order valence-corrected chi connectivity index (χ2v) is 8.18. The first-order chi connectivity index (χ1) is 15.2. The lowest BCUT2D eigenvalue weighted by Gasteiger charge is -2.29. The summed E-state index contributed by atoms with van der Waals surface area (Å²) in [6.07, 6.45) is 0.805. The normalized spacial score (nSPS) is 18.8. The van der Waals surface area contributed by atoms with Crippen LogP contribution in [0.1, 0.15) is 34.6 Å². The molecule has 0 fully saturated rings. The van der Waals surface area contributed by atoms with Crippen molar-refractivity contribution in [3.63, 3.8) is 0 Å². The van der Waals surface area contributed by atoms with Crippen molar-refractivity contribution in [3.05, 3.63) is 89.0 Å². The lowest BCUT2D eigenvalue weighted by Crippen LogP contribution is -2.47. The summed E-state index contributed by atoms with van der Waals surface area (Å²) in [7, 11) is 1.63. The van der Waals surface area contributed by atoms with Crippen molar-refractivity contribution >= 4 is 6.09 Å². The molecule has 1 unspecified atom stereocenters. The number of fused-ring (bicyclic) bond motifs is 4. The van der Waals surface area contributed by atoms with E-state index in [1.54, 1.807) is 7.11 Å². The predicted molar refractivity (Wildman–Crippen MR) is 118 cm³/mol. The fourth-order valence-electron chi connectivity index (χ4n) is 5.10. The van der Waals surface area contributed by atoms with E-state index < -0.39 is 11.6 Å². The summed E-state index contributed by atoms with van der Waals surface area (Å²) in [4.78, 5) is 12.8. The van der Waals surface area contributed by atoms with Crippen molar-refractivity contribution < 1.29 is 19.4 Å². The number of methoxy groups -OCH3 is 1. The van der Waals surface area contributed by atoms with E-state index in [4.69, 9.17) is 9.47 Å². The highest BCUT2D eigenvalue weighted by atomic mass is 16.5. The summed E-state index contributed by atoms with van der Waals surface area (Å²) in [6, 6.07) is 22.2. The quantitative estimate of drug-likeness (QED) is 0.649. The molecular weight excluding hydrogens is 390 g/mol. The van der Waals surface area contributed by atoms with Gasteiger partial charge in [-0.1, -0.05) is 60.7 Å². The molecule has 3 aromatic rings. The molecule has 0 aliphatic heterocycles. The molecule has 2 N–H and O–H groups in total. The molecule has 0 saturated carbocycles. The highest BCUT2D eigenvalue weighted by Crippen LogP contribution is 2.45. The van der Waals surface area contributed by atoms with Crippen molar-refractivity contribution in [1.29, 1.82) is 0 Å². The number of aliphatic hydroxyl groups is 1. The van der Waals surface area contributed by atoms with Crippen molar-refractivity contribution in [2.45, 2.75) is 24.3 Å². The number of aliphatic hydroxyl groups excluding tert-OH is 1. The lowest BCUT2D eigenvalue weighted by molar-refractivity contribution is 0.108. The van der Waals surface area contributed by atoms with Crippen molar-refractivity contribution in [2.24, 2.45) is 0 Å². The summed E-state index contributed by atoms with van der Waals surface area (Å²) in [5.74, 6) is 0.779. The Morgan fingerprint density at radius 3 is 2.35 bits per heavy atom. The molecule has 158 valence electrons. The van der Waals surface area contributed by atoms with Crippen LogP contribution in [0.15, 0.2) is 66.7 Å². The van der Waals surface area contributed by atoms with Gasteiger partial charge in [-0.15, -0.1) is 0 Å². The third kappa shape index (κ3) is 3.17. The number of hydrogen-bond donors (Lipinski definition) is 2. The largest absolute Gasteiger partial charge is 0.496 e. The van der Waals surface area contributed by atoms with Gasteiger partial charge in [0, 0.05) is 5.92 Å². The van der Waals surface area contributed by atoms with Gasteiger partial charge in [0.15, 0.2) is 0 Å². The molecule has 0 heterocycles. The van der Waals surface area contributed by atoms with Gasteiger partial charge in [-0.3, -0.25) is 0 Å². The molecule has 2 aliphatic carbocycles. The molecule has 2 aliphatic rings.